The summed E-state index contributed by atoms with van der Waals surface area (Å²) in [6, 6.07) is 6.78. The summed E-state index contributed by atoms with van der Waals surface area (Å²) >= 11 is 3.47. The second-order valence-electron chi connectivity index (χ2n) is 9.36. The Labute approximate surface area is 232 Å². The van der Waals surface area contributed by atoms with E-state index < -0.39 is 6.04 Å². The van der Waals surface area contributed by atoms with Crippen molar-refractivity contribution in [1.82, 2.24) is 25.5 Å². The van der Waals surface area contributed by atoms with Crippen molar-refractivity contribution in [3.05, 3.63) is 34.9 Å². The van der Waals surface area contributed by atoms with Crippen molar-refractivity contribution in [1.29, 1.82) is 0 Å². The molecule has 1 aromatic heterocycles. The molecule has 2 heterocycles. The summed E-state index contributed by atoms with van der Waals surface area (Å²) in [5.74, 6) is 0.663. The van der Waals surface area contributed by atoms with Crippen LogP contribution in [-0.4, -0.2) is 64.9 Å². The zero-order valence-corrected chi connectivity index (χ0v) is 23.7. The number of carbonyl (C=O) groups excluding carboxylic acids is 3. The van der Waals surface area contributed by atoms with E-state index in [-0.39, 0.29) is 23.8 Å². The Morgan fingerprint density at radius 2 is 1.87 bits per heavy atom. The van der Waals surface area contributed by atoms with Crippen LogP contribution in [0.2, 0.25) is 0 Å². The molecule has 0 bridgehead atoms. The van der Waals surface area contributed by atoms with E-state index in [1.165, 1.54) is 6.92 Å². The van der Waals surface area contributed by atoms with Crippen LogP contribution in [0.25, 0.3) is 0 Å². The van der Waals surface area contributed by atoms with Gasteiger partial charge in [-0.25, -0.2) is 9.78 Å². The molecule has 1 aliphatic heterocycles. The summed E-state index contributed by atoms with van der Waals surface area (Å²) in [6.45, 7) is 7.95. The van der Waals surface area contributed by atoms with Gasteiger partial charge in [-0.2, -0.15) is 4.98 Å². The van der Waals surface area contributed by atoms with E-state index in [4.69, 9.17) is 0 Å². The number of benzene rings is 1. The first-order valence-corrected chi connectivity index (χ1v) is 13.8. The lowest BCUT2D eigenvalue weighted by molar-refractivity contribution is -0.129. The fourth-order valence-corrected chi connectivity index (χ4v) is 4.35. The second kappa shape index (κ2) is 14.5. The second-order valence-corrected chi connectivity index (χ2v) is 10.2. The Balaban J connectivity index is 1.49. The molecule has 2 aromatic rings. The number of urea groups is 1. The molecule has 0 spiro atoms. The highest BCUT2D eigenvalue weighted by Crippen LogP contribution is 2.23. The lowest BCUT2D eigenvalue weighted by atomic mass is 9.98. The topological polar surface area (TPSA) is 140 Å². The van der Waals surface area contributed by atoms with Gasteiger partial charge in [-0.3, -0.25) is 9.59 Å². The number of nitrogens with zero attached hydrogens (tertiary/aromatic N) is 3. The number of anilines is 4. The quantitative estimate of drug-likeness (QED) is 0.235. The molecule has 1 aromatic carbocycles. The third-order valence-electron chi connectivity index (χ3n) is 6.31. The molecule has 5 N–H and O–H groups in total. The van der Waals surface area contributed by atoms with E-state index in [2.05, 4.69) is 52.5 Å². The van der Waals surface area contributed by atoms with Crippen molar-refractivity contribution >= 4 is 56.9 Å². The monoisotopic (exact) mass is 588 g/mol. The van der Waals surface area contributed by atoms with Gasteiger partial charge in [0.15, 0.2) is 0 Å². The molecule has 11 nitrogen and oxygen atoms in total. The van der Waals surface area contributed by atoms with Gasteiger partial charge in [-0.15, -0.1) is 0 Å². The zero-order chi connectivity index (χ0) is 27.5. The van der Waals surface area contributed by atoms with Crippen LogP contribution in [0, 0.1) is 5.92 Å². The fraction of sp³-hybridized carbons (Fsp3) is 0.500. The number of nitrogens with one attached hydrogen (secondary N) is 5. The number of amides is 4. The Morgan fingerprint density at radius 3 is 2.58 bits per heavy atom. The van der Waals surface area contributed by atoms with E-state index in [0.29, 0.717) is 41.4 Å². The van der Waals surface area contributed by atoms with E-state index in [9.17, 15) is 14.4 Å². The molecule has 1 saturated heterocycles. The standard InChI is InChI=1S/C26H37BrN8O3/c1-4-17(2)22(31-18(3)36)24(37)29-12-8-11-28-23-21(27)16-30-25(34-23)32-19-9-7-10-20(15-19)33-26(38)35-13-5-6-14-35/h7,9-10,15-17,22H,4-6,8,11-14H2,1-3H3,(H,29,37)(H,31,36)(H,33,38)(H2,28,30,32,34)/t17-,22-/m0/s1. The van der Waals surface area contributed by atoms with Gasteiger partial charge in [0.25, 0.3) is 0 Å². The maximum atomic E-state index is 12.5. The van der Waals surface area contributed by atoms with Crippen molar-refractivity contribution < 1.29 is 14.4 Å². The van der Waals surface area contributed by atoms with E-state index in [1.54, 1.807) is 6.20 Å². The molecular weight excluding hydrogens is 552 g/mol. The maximum Gasteiger partial charge on any atom is 0.321 e. The van der Waals surface area contributed by atoms with Crippen LogP contribution in [0.1, 0.15) is 46.5 Å². The largest absolute Gasteiger partial charge is 0.369 e. The third-order valence-corrected chi connectivity index (χ3v) is 6.89. The molecule has 3 rings (SSSR count). The average Bonchev–Trinajstić information content (AvgIpc) is 3.44. The molecule has 0 saturated carbocycles. The first kappa shape index (κ1) is 29.2. The normalized spacial score (nSPS) is 14.4. The fourth-order valence-electron chi connectivity index (χ4n) is 4.02. The van der Waals surface area contributed by atoms with Gasteiger partial charge < -0.3 is 31.5 Å². The summed E-state index contributed by atoms with van der Waals surface area (Å²) in [5.41, 5.74) is 1.44. The Hall–Kier alpha value is -3.41. The molecule has 12 heteroatoms. The maximum absolute atomic E-state index is 12.5. The number of hydrogen-bond acceptors (Lipinski definition) is 7. The molecule has 0 radical (unpaired) electrons. The lowest BCUT2D eigenvalue weighted by Crippen LogP contribution is -2.49. The van der Waals surface area contributed by atoms with Crippen LogP contribution in [0.4, 0.5) is 27.9 Å². The Bertz CT molecular complexity index is 1110. The number of rotatable bonds is 12. The first-order valence-electron chi connectivity index (χ1n) is 13.0. The number of carbonyl (C=O) groups is 3. The molecule has 0 aliphatic carbocycles. The highest BCUT2D eigenvalue weighted by Gasteiger charge is 2.24. The van der Waals surface area contributed by atoms with Crippen molar-refractivity contribution in [2.24, 2.45) is 5.92 Å². The van der Waals surface area contributed by atoms with Crippen LogP contribution in [0.15, 0.2) is 34.9 Å². The Kier molecular flexibility index (Phi) is 11.1. The van der Waals surface area contributed by atoms with Crippen molar-refractivity contribution in [3.63, 3.8) is 0 Å². The van der Waals surface area contributed by atoms with Crippen molar-refractivity contribution in [3.8, 4) is 0 Å². The minimum Gasteiger partial charge on any atom is -0.369 e. The minimum atomic E-state index is -0.540. The number of halogens is 1. The highest BCUT2D eigenvalue weighted by atomic mass is 79.9. The smallest absolute Gasteiger partial charge is 0.321 e. The van der Waals surface area contributed by atoms with E-state index in [1.807, 2.05) is 43.0 Å². The van der Waals surface area contributed by atoms with Gasteiger partial charge in [-0.1, -0.05) is 26.3 Å². The van der Waals surface area contributed by atoms with Crippen LogP contribution < -0.4 is 26.6 Å². The predicted molar refractivity (Wildman–Crippen MR) is 152 cm³/mol. The third kappa shape index (κ3) is 8.86. The van der Waals surface area contributed by atoms with Crippen LogP contribution >= 0.6 is 15.9 Å². The lowest BCUT2D eigenvalue weighted by Gasteiger charge is -2.22. The number of likely N-dealkylation sites (tertiary alicyclic amines) is 1. The average molecular weight is 590 g/mol. The van der Waals surface area contributed by atoms with Gasteiger partial charge in [0, 0.05) is 50.7 Å². The van der Waals surface area contributed by atoms with Crippen molar-refractivity contribution in [2.45, 2.75) is 52.5 Å². The summed E-state index contributed by atoms with van der Waals surface area (Å²) in [5, 5.41) is 15.0. The predicted octanol–water partition coefficient (Wildman–Crippen LogP) is 4.08. The molecule has 38 heavy (non-hydrogen) atoms. The molecule has 1 fully saturated rings. The van der Waals surface area contributed by atoms with Gasteiger partial charge in [0.2, 0.25) is 17.8 Å². The summed E-state index contributed by atoms with van der Waals surface area (Å²) in [7, 11) is 0. The summed E-state index contributed by atoms with van der Waals surface area (Å²) in [6.07, 6.45) is 5.19. The SMILES string of the molecule is CC[C@H](C)[C@H](NC(C)=O)C(=O)NCCCNc1nc(Nc2cccc(NC(=O)N3CCCC3)c2)ncc1Br. The molecule has 2 atom stereocenters. The number of hydrogen-bond donors (Lipinski definition) is 5. The highest BCUT2D eigenvalue weighted by molar-refractivity contribution is 9.10. The van der Waals surface area contributed by atoms with E-state index in [0.717, 1.165) is 38.0 Å². The first-order chi connectivity index (χ1) is 18.3. The molecule has 206 valence electrons. The zero-order valence-electron chi connectivity index (χ0n) is 22.1. The summed E-state index contributed by atoms with van der Waals surface area (Å²) < 4.78 is 0.709. The minimum absolute atomic E-state index is 0.0435. The number of aromatic nitrogens is 2. The molecule has 1 aliphatic rings. The summed E-state index contributed by atoms with van der Waals surface area (Å²) in [4.78, 5) is 47.0. The molecule has 0 unspecified atom stereocenters. The van der Waals surface area contributed by atoms with Gasteiger partial charge >= 0.3 is 6.03 Å². The Morgan fingerprint density at radius 1 is 1.13 bits per heavy atom. The van der Waals surface area contributed by atoms with Gasteiger partial charge in [0.05, 0.1) is 4.47 Å². The van der Waals surface area contributed by atoms with Gasteiger partial charge in [-0.05, 0) is 59.3 Å². The molecule has 4 amide bonds. The van der Waals surface area contributed by atoms with Crippen LogP contribution in [0.5, 0.6) is 0 Å². The van der Waals surface area contributed by atoms with E-state index >= 15 is 0 Å². The van der Waals surface area contributed by atoms with Gasteiger partial charge in [0.1, 0.15) is 11.9 Å². The van der Waals surface area contributed by atoms with Crippen LogP contribution in [-0.2, 0) is 9.59 Å². The van der Waals surface area contributed by atoms with Crippen molar-refractivity contribution in [2.75, 3.05) is 42.1 Å². The molecular formula is C26H37BrN8O3. The van der Waals surface area contributed by atoms with Crippen LogP contribution in [0.3, 0.4) is 0 Å².